The number of fused-ring (bicyclic) bond motifs is 1. The summed E-state index contributed by atoms with van der Waals surface area (Å²) in [6, 6.07) is 0. The Morgan fingerprint density at radius 2 is 2.19 bits per heavy atom. The van der Waals surface area contributed by atoms with Gasteiger partial charge in [0.05, 0.1) is 23.4 Å². The Hall–Kier alpha value is -2.19. The van der Waals surface area contributed by atoms with Crippen LogP contribution in [0.15, 0.2) is 6.20 Å². The third-order valence-corrected chi connectivity index (χ3v) is 3.24. The average Bonchev–Trinajstić information content (AvgIpc) is 2.71. The Bertz CT molecular complexity index is 693. The molecule has 114 valence electrons. The topological polar surface area (TPSA) is 121 Å². The highest BCUT2D eigenvalue weighted by Crippen LogP contribution is 2.28. The van der Waals surface area contributed by atoms with Crippen molar-refractivity contribution in [2.75, 3.05) is 18.5 Å². The first-order valence-electron chi connectivity index (χ1n) is 6.39. The van der Waals surface area contributed by atoms with Gasteiger partial charge in [-0.1, -0.05) is 0 Å². The zero-order chi connectivity index (χ0) is 15.8. The van der Waals surface area contributed by atoms with Crippen molar-refractivity contribution < 1.29 is 20.1 Å². The number of aliphatic hydroxyl groups is 2. The number of aliphatic hydroxyl groups excluding tert-OH is 1. The minimum atomic E-state index is -1.36. The van der Waals surface area contributed by atoms with E-state index in [2.05, 4.69) is 15.4 Å². The number of aromatic nitrogens is 3. The van der Waals surface area contributed by atoms with Gasteiger partial charge < -0.3 is 20.6 Å². The van der Waals surface area contributed by atoms with Gasteiger partial charge in [-0.05, 0) is 13.8 Å². The normalized spacial score (nSPS) is 14.1. The van der Waals surface area contributed by atoms with Gasteiger partial charge in [0.2, 0.25) is 0 Å². The lowest BCUT2D eigenvalue weighted by molar-refractivity contribution is 0.0132. The molecule has 1 atom stereocenters. The number of nitrogens with zero attached hydrogens (tertiary/aromatic N) is 3. The molecule has 0 fully saturated rings. The molecule has 0 saturated carbocycles. The number of aromatic carboxylic acids is 1. The predicted octanol–water partition coefficient (Wildman–Crippen LogP) is 0.130. The maximum absolute atomic E-state index is 11.4. The molecule has 2 rings (SSSR count). The Morgan fingerprint density at radius 3 is 2.76 bits per heavy atom. The molecule has 0 aliphatic carbocycles. The SMILES string of the molecule is Cc1nn(C)c2ncc(C(=O)O)c(NCC(C)(O)CO)c12. The molecule has 0 spiro atoms. The maximum Gasteiger partial charge on any atom is 0.339 e. The summed E-state index contributed by atoms with van der Waals surface area (Å²) in [5.41, 5.74) is 0.152. The van der Waals surface area contributed by atoms with Crippen molar-refractivity contribution in [3.63, 3.8) is 0 Å². The second-order valence-corrected chi connectivity index (χ2v) is 5.27. The first-order chi connectivity index (χ1) is 9.76. The molecular formula is C13H18N4O4. The molecule has 8 nitrogen and oxygen atoms in total. The minimum Gasteiger partial charge on any atom is -0.478 e. The molecule has 0 radical (unpaired) electrons. The van der Waals surface area contributed by atoms with Gasteiger partial charge in [0.25, 0.3) is 0 Å². The first kappa shape index (κ1) is 15.2. The third-order valence-electron chi connectivity index (χ3n) is 3.24. The van der Waals surface area contributed by atoms with Crippen LogP contribution in [0.3, 0.4) is 0 Å². The van der Waals surface area contributed by atoms with Crippen LogP contribution in [0.4, 0.5) is 5.69 Å². The van der Waals surface area contributed by atoms with E-state index in [1.807, 2.05) is 0 Å². The van der Waals surface area contributed by atoms with Crippen LogP contribution in [0.25, 0.3) is 11.0 Å². The lowest BCUT2D eigenvalue weighted by Crippen LogP contribution is -2.37. The molecule has 0 aromatic carbocycles. The van der Waals surface area contributed by atoms with Gasteiger partial charge in [0.1, 0.15) is 11.2 Å². The Morgan fingerprint density at radius 1 is 1.52 bits per heavy atom. The van der Waals surface area contributed by atoms with E-state index >= 15 is 0 Å². The van der Waals surface area contributed by atoms with Crippen molar-refractivity contribution in [2.24, 2.45) is 7.05 Å². The van der Waals surface area contributed by atoms with Gasteiger partial charge in [0, 0.05) is 19.8 Å². The van der Waals surface area contributed by atoms with Crippen LogP contribution in [-0.2, 0) is 7.05 Å². The fourth-order valence-electron chi connectivity index (χ4n) is 2.09. The van der Waals surface area contributed by atoms with Crippen molar-refractivity contribution in [1.82, 2.24) is 14.8 Å². The molecule has 1 unspecified atom stereocenters. The zero-order valence-corrected chi connectivity index (χ0v) is 12.1. The van der Waals surface area contributed by atoms with Crippen LogP contribution in [0.5, 0.6) is 0 Å². The highest BCUT2D eigenvalue weighted by molar-refractivity contribution is 6.04. The van der Waals surface area contributed by atoms with E-state index in [1.54, 1.807) is 18.7 Å². The number of carboxylic acids is 1. The molecule has 2 heterocycles. The van der Waals surface area contributed by atoms with Crippen molar-refractivity contribution in [1.29, 1.82) is 0 Å². The number of carboxylic acid groups (broad SMARTS) is 1. The summed E-state index contributed by atoms with van der Waals surface area (Å²) < 4.78 is 1.56. The molecule has 2 aromatic rings. The first-order valence-corrected chi connectivity index (χ1v) is 6.39. The van der Waals surface area contributed by atoms with Crippen LogP contribution in [0.1, 0.15) is 23.0 Å². The zero-order valence-electron chi connectivity index (χ0n) is 12.1. The van der Waals surface area contributed by atoms with E-state index < -0.39 is 18.2 Å². The van der Waals surface area contributed by atoms with Crippen molar-refractivity contribution >= 4 is 22.7 Å². The van der Waals surface area contributed by atoms with Crippen molar-refractivity contribution in [3.05, 3.63) is 17.5 Å². The molecule has 0 amide bonds. The Kier molecular flexibility index (Phi) is 3.84. The van der Waals surface area contributed by atoms with Crippen molar-refractivity contribution in [2.45, 2.75) is 19.4 Å². The highest BCUT2D eigenvalue weighted by Gasteiger charge is 2.23. The monoisotopic (exact) mass is 294 g/mol. The molecule has 0 bridgehead atoms. The summed E-state index contributed by atoms with van der Waals surface area (Å²) in [5.74, 6) is -1.13. The fraction of sp³-hybridized carbons (Fsp3) is 0.462. The van der Waals surface area contributed by atoms with Crippen LogP contribution in [0, 0.1) is 6.92 Å². The van der Waals surface area contributed by atoms with Gasteiger partial charge in [-0.15, -0.1) is 0 Å². The van der Waals surface area contributed by atoms with Gasteiger partial charge >= 0.3 is 5.97 Å². The summed E-state index contributed by atoms with van der Waals surface area (Å²) in [4.78, 5) is 15.5. The number of aryl methyl sites for hydroxylation is 2. The molecule has 0 saturated heterocycles. The Labute approximate surface area is 121 Å². The molecule has 21 heavy (non-hydrogen) atoms. The highest BCUT2D eigenvalue weighted by atomic mass is 16.4. The lowest BCUT2D eigenvalue weighted by atomic mass is 10.1. The molecule has 4 N–H and O–H groups in total. The van der Waals surface area contributed by atoms with E-state index in [1.165, 1.54) is 13.1 Å². The summed E-state index contributed by atoms with van der Waals surface area (Å²) in [6.07, 6.45) is 1.25. The van der Waals surface area contributed by atoms with Gasteiger partial charge in [-0.25, -0.2) is 9.78 Å². The van der Waals surface area contributed by atoms with E-state index in [0.29, 0.717) is 22.4 Å². The maximum atomic E-state index is 11.4. The van der Waals surface area contributed by atoms with Crippen LogP contribution in [-0.4, -0.2) is 54.8 Å². The second kappa shape index (κ2) is 5.30. The van der Waals surface area contributed by atoms with Crippen LogP contribution < -0.4 is 5.32 Å². The van der Waals surface area contributed by atoms with Gasteiger partial charge in [-0.3, -0.25) is 4.68 Å². The number of anilines is 1. The number of pyridine rings is 1. The summed E-state index contributed by atoms with van der Waals surface area (Å²) in [6.45, 7) is 2.76. The second-order valence-electron chi connectivity index (χ2n) is 5.27. The Balaban J connectivity index is 2.57. The molecule has 8 heteroatoms. The number of hydrogen-bond acceptors (Lipinski definition) is 6. The fourth-order valence-corrected chi connectivity index (χ4v) is 2.09. The summed E-state index contributed by atoms with van der Waals surface area (Å²) >= 11 is 0. The van der Waals surface area contributed by atoms with E-state index in [-0.39, 0.29) is 12.1 Å². The number of carbonyl (C=O) groups is 1. The summed E-state index contributed by atoms with van der Waals surface area (Å²) in [5, 5.41) is 36.0. The molecule has 0 aliphatic rings. The van der Waals surface area contributed by atoms with E-state index in [4.69, 9.17) is 5.11 Å². The van der Waals surface area contributed by atoms with E-state index in [0.717, 1.165) is 0 Å². The number of nitrogens with one attached hydrogen (secondary N) is 1. The largest absolute Gasteiger partial charge is 0.478 e. The minimum absolute atomic E-state index is 0.00275. The smallest absolute Gasteiger partial charge is 0.339 e. The molecule has 2 aromatic heterocycles. The third kappa shape index (κ3) is 2.81. The van der Waals surface area contributed by atoms with Crippen LogP contribution in [0.2, 0.25) is 0 Å². The van der Waals surface area contributed by atoms with Crippen molar-refractivity contribution in [3.8, 4) is 0 Å². The quantitative estimate of drug-likeness (QED) is 0.618. The average molecular weight is 294 g/mol. The van der Waals surface area contributed by atoms with Crippen LogP contribution >= 0.6 is 0 Å². The standard InChI is InChI=1S/C13H18N4O4/c1-7-9-10(15-5-13(2,21)6-18)8(12(19)20)4-14-11(9)17(3)16-7/h4,18,21H,5-6H2,1-3H3,(H,14,15)(H,19,20). The van der Waals surface area contributed by atoms with Gasteiger partial charge in [-0.2, -0.15) is 5.10 Å². The molecular weight excluding hydrogens is 276 g/mol. The number of hydrogen-bond donors (Lipinski definition) is 4. The number of rotatable bonds is 5. The predicted molar refractivity (Wildman–Crippen MR) is 76.4 cm³/mol. The molecule has 0 aliphatic heterocycles. The summed E-state index contributed by atoms with van der Waals surface area (Å²) in [7, 11) is 1.72. The lowest BCUT2D eigenvalue weighted by Gasteiger charge is -2.22. The van der Waals surface area contributed by atoms with Gasteiger partial charge in [0.15, 0.2) is 5.65 Å². The van der Waals surface area contributed by atoms with E-state index in [9.17, 15) is 15.0 Å².